The lowest BCUT2D eigenvalue weighted by atomic mass is 10.1. The van der Waals surface area contributed by atoms with Gasteiger partial charge in [0.05, 0.1) is 0 Å². The fourth-order valence-electron chi connectivity index (χ4n) is 1.72. The molecule has 0 spiro atoms. The second-order valence-corrected chi connectivity index (χ2v) is 4.02. The van der Waals surface area contributed by atoms with E-state index in [4.69, 9.17) is 0 Å². The van der Waals surface area contributed by atoms with Gasteiger partial charge in [0.2, 0.25) is 0 Å². The summed E-state index contributed by atoms with van der Waals surface area (Å²) >= 11 is 0. The fraction of sp³-hybridized carbons (Fsp3) is 0.143. The predicted octanol–water partition coefficient (Wildman–Crippen LogP) is 2.63. The van der Waals surface area contributed by atoms with E-state index < -0.39 is 12.0 Å². The van der Waals surface area contributed by atoms with Gasteiger partial charge in [-0.25, -0.2) is 4.79 Å². The van der Waals surface area contributed by atoms with E-state index in [2.05, 4.69) is 10.3 Å². The number of nitrogens with one attached hydrogen (secondary N) is 1. The summed E-state index contributed by atoms with van der Waals surface area (Å²) in [4.78, 5) is 15.3. The van der Waals surface area contributed by atoms with Crippen LogP contribution in [0.2, 0.25) is 0 Å². The maximum Gasteiger partial charge on any atom is 0.330 e. The third kappa shape index (κ3) is 2.66. The number of hydrogen-bond acceptors (Lipinski definition) is 3. The van der Waals surface area contributed by atoms with Crippen LogP contribution in [0.1, 0.15) is 17.2 Å². The van der Waals surface area contributed by atoms with Gasteiger partial charge in [-0.15, -0.1) is 0 Å². The quantitative estimate of drug-likeness (QED) is 0.865. The van der Waals surface area contributed by atoms with Crippen molar-refractivity contribution in [3.8, 4) is 0 Å². The first-order chi connectivity index (χ1) is 8.68. The minimum absolute atomic E-state index is 0.633. The first-order valence-electron chi connectivity index (χ1n) is 5.63. The molecule has 2 rings (SSSR count). The van der Waals surface area contributed by atoms with Crippen LogP contribution in [0, 0.1) is 6.92 Å². The molecule has 0 bridgehead atoms. The monoisotopic (exact) mass is 242 g/mol. The van der Waals surface area contributed by atoms with Crippen LogP contribution in [0.3, 0.4) is 0 Å². The molecule has 18 heavy (non-hydrogen) atoms. The number of para-hydroxylation sites is 1. The van der Waals surface area contributed by atoms with Crippen molar-refractivity contribution >= 4 is 11.7 Å². The molecular formula is C14H14N2O2. The van der Waals surface area contributed by atoms with Gasteiger partial charge < -0.3 is 10.4 Å². The van der Waals surface area contributed by atoms with Crippen molar-refractivity contribution in [2.75, 3.05) is 5.32 Å². The SMILES string of the molecule is Cc1ccccc1NC(C(=O)O)c1cccnc1. The van der Waals surface area contributed by atoms with E-state index in [0.29, 0.717) is 5.56 Å². The normalized spacial score (nSPS) is 11.8. The zero-order valence-corrected chi connectivity index (χ0v) is 10.00. The first-order valence-corrected chi connectivity index (χ1v) is 5.63. The van der Waals surface area contributed by atoms with E-state index in [9.17, 15) is 9.90 Å². The lowest BCUT2D eigenvalue weighted by Gasteiger charge is -2.17. The second kappa shape index (κ2) is 5.31. The maximum atomic E-state index is 11.3. The van der Waals surface area contributed by atoms with Crippen LogP contribution >= 0.6 is 0 Å². The molecule has 4 heteroatoms. The number of carbonyl (C=O) groups is 1. The van der Waals surface area contributed by atoms with Crippen molar-refractivity contribution in [3.63, 3.8) is 0 Å². The molecule has 92 valence electrons. The largest absolute Gasteiger partial charge is 0.479 e. The van der Waals surface area contributed by atoms with Gasteiger partial charge in [0.25, 0.3) is 0 Å². The van der Waals surface area contributed by atoms with Crippen molar-refractivity contribution in [1.82, 2.24) is 4.98 Å². The van der Waals surface area contributed by atoms with E-state index >= 15 is 0 Å². The van der Waals surface area contributed by atoms with Gasteiger partial charge in [-0.2, -0.15) is 0 Å². The number of aromatic nitrogens is 1. The zero-order chi connectivity index (χ0) is 13.0. The average molecular weight is 242 g/mol. The van der Waals surface area contributed by atoms with Crippen LogP contribution in [-0.2, 0) is 4.79 Å². The molecule has 0 radical (unpaired) electrons. The van der Waals surface area contributed by atoms with Crippen molar-refractivity contribution < 1.29 is 9.90 Å². The van der Waals surface area contributed by atoms with Gasteiger partial charge >= 0.3 is 5.97 Å². The van der Waals surface area contributed by atoms with Gasteiger partial charge in [0.15, 0.2) is 6.04 Å². The van der Waals surface area contributed by atoms with E-state index in [1.807, 2.05) is 31.2 Å². The molecule has 1 atom stereocenters. The molecule has 2 aromatic rings. The van der Waals surface area contributed by atoms with E-state index in [1.54, 1.807) is 24.5 Å². The molecule has 2 N–H and O–H groups in total. The molecule has 0 aliphatic heterocycles. The van der Waals surface area contributed by atoms with Crippen molar-refractivity contribution in [2.45, 2.75) is 13.0 Å². The van der Waals surface area contributed by atoms with Crippen molar-refractivity contribution in [2.24, 2.45) is 0 Å². The number of aryl methyl sites for hydroxylation is 1. The van der Waals surface area contributed by atoms with Crippen LogP contribution in [0.4, 0.5) is 5.69 Å². The Kier molecular flexibility index (Phi) is 3.57. The molecule has 1 unspecified atom stereocenters. The van der Waals surface area contributed by atoms with Gasteiger partial charge in [0.1, 0.15) is 0 Å². The Morgan fingerprint density at radius 1 is 1.28 bits per heavy atom. The zero-order valence-electron chi connectivity index (χ0n) is 10.00. The molecular weight excluding hydrogens is 228 g/mol. The third-order valence-electron chi connectivity index (χ3n) is 2.71. The van der Waals surface area contributed by atoms with E-state index in [-0.39, 0.29) is 0 Å². The highest BCUT2D eigenvalue weighted by atomic mass is 16.4. The molecule has 4 nitrogen and oxygen atoms in total. The molecule has 0 saturated carbocycles. The lowest BCUT2D eigenvalue weighted by molar-refractivity contribution is -0.138. The minimum Gasteiger partial charge on any atom is -0.479 e. The number of hydrogen-bond donors (Lipinski definition) is 2. The molecule has 0 amide bonds. The van der Waals surface area contributed by atoms with Crippen molar-refractivity contribution in [1.29, 1.82) is 0 Å². The van der Waals surface area contributed by atoms with Crippen LogP contribution in [-0.4, -0.2) is 16.1 Å². The number of rotatable bonds is 4. The Morgan fingerprint density at radius 3 is 2.67 bits per heavy atom. The second-order valence-electron chi connectivity index (χ2n) is 4.02. The summed E-state index contributed by atoms with van der Waals surface area (Å²) in [6, 6.07) is 10.3. The number of carboxylic acids is 1. The fourth-order valence-corrected chi connectivity index (χ4v) is 1.72. The Labute approximate surface area is 105 Å². The molecule has 0 fully saturated rings. The minimum atomic E-state index is -0.925. The number of anilines is 1. The summed E-state index contributed by atoms with van der Waals surface area (Å²) in [5.74, 6) is -0.925. The number of aliphatic carboxylic acids is 1. The molecule has 0 saturated heterocycles. The standard InChI is InChI=1S/C14H14N2O2/c1-10-5-2-3-7-12(10)16-13(14(17)18)11-6-4-8-15-9-11/h2-9,13,16H,1H3,(H,17,18). The first kappa shape index (κ1) is 12.1. The third-order valence-corrected chi connectivity index (χ3v) is 2.71. The van der Waals surface area contributed by atoms with Crippen LogP contribution < -0.4 is 5.32 Å². The smallest absolute Gasteiger partial charge is 0.330 e. The van der Waals surface area contributed by atoms with E-state index in [0.717, 1.165) is 11.3 Å². The molecule has 1 aromatic heterocycles. The number of nitrogens with zero attached hydrogens (tertiary/aromatic N) is 1. The Morgan fingerprint density at radius 2 is 2.06 bits per heavy atom. The molecule has 1 heterocycles. The van der Waals surface area contributed by atoms with Gasteiger partial charge in [0, 0.05) is 23.6 Å². The summed E-state index contributed by atoms with van der Waals surface area (Å²) in [5.41, 5.74) is 2.45. The lowest BCUT2D eigenvalue weighted by Crippen LogP contribution is -2.21. The highest BCUT2D eigenvalue weighted by molar-refractivity contribution is 5.79. The highest BCUT2D eigenvalue weighted by Crippen LogP contribution is 2.21. The Balaban J connectivity index is 2.28. The highest BCUT2D eigenvalue weighted by Gasteiger charge is 2.20. The summed E-state index contributed by atoms with van der Waals surface area (Å²) in [5, 5.41) is 12.3. The van der Waals surface area contributed by atoms with Gasteiger partial charge in [-0.3, -0.25) is 4.98 Å². The number of pyridine rings is 1. The summed E-state index contributed by atoms with van der Waals surface area (Å²) in [6.45, 7) is 1.94. The number of carboxylic acid groups (broad SMARTS) is 1. The molecule has 0 aliphatic rings. The molecule has 0 aliphatic carbocycles. The van der Waals surface area contributed by atoms with Crippen LogP contribution in [0.5, 0.6) is 0 Å². The summed E-state index contributed by atoms with van der Waals surface area (Å²) < 4.78 is 0. The number of benzene rings is 1. The average Bonchev–Trinajstić information content (AvgIpc) is 2.38. The summed E-state index contributed by atoms with van der Waals surface area (Å²) in [6.07, 6.45) is 3.18. The van der Waals surface area contributed by atoms with Crippen LogP contribution in [0.25, 0.3) is 0 Å². The van der Waals surface area contributed by atoms with Crippen LogP contribution in [0.15, 0.2) is 48.8 Å². The van der Waals surface area contributed by atoms with Gasteiger partial charge in [-0.1, -0.05) is 24.3 Å². The molecule has 1 aromatic carbocycles. The summed E-state index contributed by atoms with van der Waals surface area (Å²) in [7, 11) is 0. The van der Waals surface area contributed by atoms with E-state index in [1.165, 1.54) is 0 Å². The van der Waals surface area contributed by atoms with Gasteiger partial charge in [-0.05, 0) is 24.6 Å². The predicted molar refractivity (Wildman–Crippen MR) is 69.4 cm³/mol. The maximum absolute atomic E-state index is 11.3. The topological polar surface area (TPSA) is 62.2 Å². The Bertz CT molecular complexity index is 541. The van der Waals surface area contributed by atoms with Crippen molar-refractivity contribution in [3.05, 3.63) is 59.9 Å². The Hall–Kier alpha value is -2.36.